The average Bonchev–Trinajstić information content (AvgIpc) is 3.29. The quantitative estimate of drug-likeness (QED) is 0.270. The van der Waals surface area contributed by atoms with Crippen LogP contribution in [0.3, 0.4) is 0 Å². The topological polar surface area (TPSA) is 99.2 Å². The zero-order valence-corrected chi connectivity index (χ0v) is 22.8. The number of hydrogen-bond acceptors (Lipinski definition) is 7. The van der Waals surface area contributed by atoms with E-state index in [-0.39, 0.29) is 16.9 Å². The highest BCUT2D eigenvalue weighted by molar-refractivity contribution is 9.09. The summed E-state index contributed by atoms with van der Waals surface area (Å²) in [5, 5.41) is 0.249. The van der Waals surface area contributed by atoms with Gasteiger partial charge in [0.15, 0.2) is 18.2 Å². The third-order valence-electron chi connectivity index (χ3n) is 6.28. The molecule has 9 heteroatoms. The molecule has 1 atom stereocenters. The van der Waals surface area contributed by atoms with E-state index in [1.165, 1.54) is 4.90 Å². The first kappa shape index (κ1) is 27.0. The van der Waals surface area contributed by atoms with Gasteiger partial charge in [0, 0.05) is 17.7 Å². The second-order valence-electron chi connectivity index (χ2n) is 10.2. The molecule has 0 radical (unpaired) electrons. The summed E-state index contributed by atoms with van der Waals surface area (Å²) in [6.07, 6.45) is 0.559. The number of benzene rings is 2. The van der Waals surface area contributed by atoms with Crippen molar-refractivity contribution in [2.45, 2.75) is 58.5 Å². The van der Waals surface area contributed by atoms with E-state index in [1.54, 1.807) is 39.0 Å². The molecule has 1 amide bonds. The van der Waals surface area contributed by atoms with Crippen LogP contribution in [0.4, 0.5) is 4.79 Å². The Bertz CT molecular complexity index is 1230. The fourth-order valence-electron chi connectivity index (χ4n) is 4.51. The minimum atomic E-state index is -0.763. The predicted octanol–water partition coefficient (Wildman–Crippen LogP) is 5.09. The summed E-state index contributed by atoms with van der Waals surface area (Å²) in [4.78, 5) is 51.5. The van der Waals surface area contributed by atoms with Crippen molar-refractivity contribution in [1.82, 2.24) is 4.90 Å². The van der Waals surface area contributed by atoms with Gasteiger partial charge in [-0.2, -0.15) is 0 Å². The van der Waals surface area contributed by atoms with Gasteiger partial charge in [-0.15, -0.1) is 0 Å². The van der Waals surface area contributed by atoms with E-state index in [0.29, 0.717) is 43.7 Å². The summed E-state index contributed by atoms with van der Waals surface area (Å²) in [6.45, 7) is 5.93. The normalized spacial score (nSPS) is 16.9. The molecule has 196 valence electrons. The van der Waals surface area contributed by atoms with Crippen molar-refractivity contribution in [3.63, 3.8) is 0 Å². The van der Waals surface area contributed by atoms with E-state index >= 15 is 0 Å². The van der Waals surface area contributed by atoms with E-state index < -0.39 is 30.3 Å². The Kier molecular flexibility index (Phi) is 8.14. The van der Waals surface area contributed by atoms with Crippen LogP contribution in [0.2, 0.25) is 0 Å². The van der Waals surface area contributed by atoms with Crippen LogP contribution in [-0.2, 0) is 32.2 Å². The number of nitrogens with zero attached hydrogens (tertiary/aromatic N) is 1. The summed E-state index contributed by atoms with van der Waals surface area (Å²) in [5.74, 6) is -0.965. The molecule has 1 fully saturated rings. The lowest BCUT2D eigenvalue weighted by Crippen LogP contribution is -2.44. The molecule has 2 aliphatic rings. The summed E-state index contributed by atoms with van der Waals surface area (Å²) in [6, 6.07) is 10.1. The number of amides is 1. The van der Waals surface area contributed by atoms with Crippen molar-refractivity contribution in [2.75, 3.05) is 18.5 Å². The maximum Gasteiger partial charge on any atom is 0.411 e. The smallest absolute Gasteiger partial charge is 0.411 e. The first-order valence-corrected chi connectivity index (χ1v) is 13.3. The zero-order valence-electron chi connectivity index (χ0n) is 21.2. The lowest BCUT2D eigenvalue weighted by atomic mass is 9.93. The first-order valence-electron chi connectivity index (χ1n) is 12.2. The van der Waals surface area contributed by atoms with E-state index in [2.05, 4.69) is 15.9 Å². The molecule has 8 nitrogen and oxygen atoms in total. The van der Waals surface area contributed by atoms with Crippen LogP contribution in [0.15, 0.2) is 36.4 Å². The number of ether oxygens (including phenoxy) is 3. The Morgan fingerprint density at radius 3 is 2.14 bits per heavy atom. The zero-order chi connectivity index (χ0) is 26.7. The summed E-state index contributed by atoms with van der Waals surface area (Å²) in [7, 11) is 0. The molecule has 0 N–H and O–H groups in total. The number of fused-ring (bicyclic) bond motifs is 3. The maximum atomic E-state index is 12.9. The number of likely N-dealkylation sites (tertiary alicyclic amines) is 1. The molecule has 2 heterocycles. The molecule has 37 heavy (non-hydrogen) atoms. The number of esters is 1. The van der Waals surface area contributed by atoms with E-state index in [1.807, 2.05) is 18.2 Å². The molecule has 1 saturated heterocycles. The van der Waals surface area contributed by atoms with Gasteiger partial charge in [0.2, 0.25) is 0 Å². The van der Waals surface area contributed by atoms with Crippen LogP contribution >= 0.6 is 15.9 Å². The van der Waals surface area contributed by atoms with Crippen molar-refractivity contribution in [3.05, 3.63) is 58.7 Å². The fourth-order valence-corrected chi connectivity index (χ4v) is 4.84. The molecule has 2 aliphatic heterocycles. The van der Waals surface area contributed by atoms with E-state index in [4.69, 9.17) is 14.2 Å². The minimum Gasteiger partial charge on any atom is -0.456 e. The van der Waals surface area contributed by atoms with Crippen molar-refractivity contribution >= 4 is 39.6 Å². The van der Waals surface area contributed by atoms with Gasteiger partial charge in [0.1, 0.15) is 11.6 Å². The van der Waals surface area contributed by atoms with Gasteiger partial charge < -0.3 is 14.2 Å². The third kappa shape index (κ3) is 6.27. The molecule has 0 unspecified atom stereocenters. The number of halogens is 1. The van der Waals surface area contributed by atoms with Crippen molar-refractivity contribution in [3.8, 4) is 11.1 Å². The number of alkyl halides is 1. The van der Waals surface area contributed by atoms with Crippen LogP contribution in [0.1, 0.15) is 65.5 Å². The van der Waals surface area contributed by atoms with Gasteiger partial charge in [0.05, 0.1) is 18.5 Å². The molecule has 0 bridgehead atoms. The summed E-state index contributed by atoms with van der Waals surface area (Å²) >= 11 is 3.20. The SMILES string of the molecule is CC(C)(C)OC(=O)N1CCC[C@@H]1C(=O)OCC(=O)c1ccc2c(c1)COCc1cc(C(=O)CBr)ccc1-2. The Morgan fingerprint density at radius 2 is 1.57 bits per heavy atom. The van der Waals surface area contributed by atoms with Crippen LogP contribution < -0.4 is 0 Å². The van der Waals surface area contributed by atoms with Crippen LogP contribution in [0, 0.1) is 0 Å². The maximum absolute atomic E-state index is 12.9. The van der Waals surface area contributed by atoms with Crippen molar-refractivity contribution in [2.24, 2.45) is 0 Å². The first-order chi connectivity index (χ1) is 17.6. The van der Waals surface area contributed by atoms with E-state index in [0.717, 1.165) is 22.3 Å². The number of carbonyl (C=O) groups is 4. The second kappa shape index (κ2) is 11.1. The van der Waals surface area contributed by atoms with Gasteiger partial charge >= 0.3 is 12.1 Å². The Hall–Kier alpha value is -3.04. The molecule has 0 saturated carbocycles. The highest BCUT2D eigenvalue weighted by Crippen LogP contribution is 2.33. The standard InChI is InChI=1S/C28H30BrNO7/c1-28(2,3)37-27(34)30-10-4-5-23(30)26(33)36-16-25(32)18-7-9-22-20(12-18)15-35-14-19-11-17(24(31)13-29)6-8-21(19)22/h6-9,11-12,23H,4-5,10,13-16H2,1-3H3/t23-/m1/s1. The monoisotopic (exact) mass is 571 g/mol. The van der Waals surface area contributed by atoms with Crippen LogP contribution in [-0.4, -0.2) is 58.7 Å². The van der Waals surface area contributed by atoms with Gasteiger partial charge in [-0.3, -0.25) is 14.5 Å². The predicted molar refractivity (Wildman–Crippen MR) is 140 cm³/mol. The number of rotatable bonds is 6. The molecule has 0 aliphatic carbocycles. The van der Waals surface area contributed by atoms with Gasteiger partial charge in [-0.1, -0.05) is 40.2 Å². The van der Waals surface area contributed by atoms with Gasteiger partial charge in [-0.25, -0.2) is 9.59 Å². The molecule has 4 rings (SSSR count). The van der Waals surface area contributed by atoms with E-state index in [9.17, 15) is 19.2 Å². The molecule has 2 aromatic rings. The minimum absolute atomic E-state index is 0.00502. The van der Waals surface area contributed by atoms with Crippen molar-refractivity contribution in [1.29, 1.82) is 0 Å². The molecular formula is C28H30BrNO7. The lowest BCUT2D eigenvalue weighted by Gasteiger charge is -2.27. The Labute approximate surface area is 224 Å². The molecule has 0 aromatic heterocycles. The van der Waals surface area contributed by atoms with Gasteiger partial charge in [-0.05, 0) is 68.0 Å². The number of ketones is 2. The highest BCUT2D eigenvalue weighted by atomic mass is 79.9. The van der Waals surface area contributed by atoms with Crippen LogP contribution in [0.5, 0.6) is 0 Å². The molecular weight excluding hydrogens is 542 g/mol. The van der Waals surface area contributed by atoms with Gasteiger partial charge in [0.25, 0.3) is 0 Å². The summed E-state index contributed by atoms with van der Waals surface area (Å²) < 4.78 is 16.5. The fraction of sp³-hybridized carbons (Fsp3) is 0.429. The number of hydrogen-bond donors (Lipinski definition) is 0. The lowest BCUT2D eigenvalue weighted by molar-refractivity contribution is -0.147. The highest BCUT2D eigenvalue weighted by Gasteiger charge is 2.38. The summed E-state index contributed by atoms with van der Waals surface area (Å²) in [5.41, 5.74) is 3.97. The largest absolute Gasteiger partial charge is 0.456 e. The molecule has 0 spiro atoms. The number of Topliss-reactive ketones (excluding diaryl/α,β-unsaturated/α-hetero) is 2. The second-order valence-corrected chi connectivity index (χ2v) is 10.7. The van der Waals surface area contributed by atoms with Crippen molar-refractivity contribution < 1.29 is 33.4 Å². The average molecular weight is 572 g/mol. The number of carbonyl (C=O) groups excluding carboxylic acids is 4. The Balaban J connectivity index is 1.43. The third-order valence-corrected chi connectivity index (χ3v) is 6.79. The molecule has 2 aromatic carbocycles. The Morgan fingerprint density at radius 1 is 0.973 bits per heavy atom. The van der Waals surface area contributed by atoms with Crippen LogP contribution in [0.25, 0.3) is 11.1 Å².